The number of carbonyl (C=O) groups is 2. The number of thioether (sulfide) groups is 1. The lowest BCUT2D eigenvalue weighted by Crippen LogP contribution is -2.49. The third-order valence-electron chi connectivity index (χ3n) is 3.52. The summed E-state index contributed by atoms with van der Waals surface area (Å²) in [6.45, 7) is 3.84. The molecule has 1 N–H and O–H groups in total. The van der Waals surface area contributed by atoms with E-state index in [2.05, 4.69) is 20.4 Å². The molecule has 2 amide bonds. The van der Waals surface area contributed by atoms with E-state index in [0.29, 0.717) is 45.1 Å². The second-order valence-electron chi connectivity index (χ2n) is 5.28. The first kappa shape index (κ1) is 19.9. The van der Waals surface area contributed by atoms with Gasteiger partial charge in [0.25, 0.3) is 0 Å². The van der Waals surface area contributed by atoms with Crippen molar-refractivity contribution in [1.29, 1.82) is 0 Å². The van der Waals surface area contributed by atoms with Gasteiger partial charge in [0, 0.05) is 46.9 Å². The van der Waals surface area contributed by atoms with Gasteiger partial charge in [-0.05, 0) is 0 Å². The maximum atomic E-state index is 11.8. The molecule has 0 bridgehead atoms. The molecule has 0 spiro atoms. The highest BCUT2D eigenvalue weighted by Crippen LogP contribution is 2.28. The molecule has 2 rings (SSSR count). The third kappa shape index (κ3) is 6.42. The van der Waals surface area contributed by atoms with Crippen molar-refractivity contribution in [3.05, 3.63) is 0 Å². The van der Waals surface area contributed by atoms with Gasteiger partial charge in [-0.2, -0.15) is 0 Å². The SMILES string of the molecule is COCCNC(=O)CSc1nnc(N2CCN(C(=O)COC)CC2)s1. The molecule has 9 nitrogen and oxygen atoms in total. The Hall–Kier alpha value is -1.43. The summed E-state index contributed by atoms with van der Waals surface area (Å²) < 4.78 is 10.5. The fourth-order valence-electron chi connectivity index (χ4n) is 2.22. The molecular formula is C14H23N5O4S2. The fraction of sp³-hybridized carbons (Fsp3) is 0.714. The van der Waals surface area contributed by atoms with Crippen molar-refractivity contribution in [1.82, 2.24) is 20.4 Å². The van der Waals surface area contributed by atoms with E-state index in [0.717, 1.165) is 9.47 Å². The van der Waals surface area contributed by atoms with E-state index in [1.54, 1.807) is 12.0 Å². The summed E-state index contributed by atoms with van der Waals surface area (Å²) in [5.41, 5.74) is 0. The van der Waals surface area contributed by atoms with Crippen LogP contribution >= 0.6 is 23.1 Å². The number of rotatable bonds is 9. The zero-order chi connectivity index (χ0) is 18.1. The summed E-state index contributed by atoms with van der Waals surface area (Å²) in [4.78, 5) is 27.4. The van der Waals surface area contributed by atoms with Gasteiger partial charge in [0.05, 0.1) is 12.4 Å². The van der Waals surface area contributed by atoms with E-state index in [1.165, 1.54) is 30.2 Å². The summed E-state index contributed by atoms with van der Waals surface area (Å²) in [6, 6.07) is 0. The molecule has 1 aromatic heterocycles. The van der Waals surface area contributed by atoms with Crippen LogP contribution < -0.4 is 10.2 Å². The zero-order valence-electron chi connectivity index (χ0n) is 14.4. The summed E-state index contributed by atoms with van der Waals surface area (Å²) in [5.74, 6) is 0.261. The molecule has 25 heavy (non-hydrogen) atoms. The molecule has 1 aliphatic heterocycles. The van der Waals surface area contributed by atoms with Crippen molar-refractivity contribution in [2.24, 2.45) is 0 Å². The number of piperazine rings is 1. The van der Waals surface area contributed by atoms with Crippen molar-refractivity contribution in [3.63, 3.8) is 0 Å². The van der Waals surface area contributed by atoms with E-state index in [-0.39, 0.29) is 18.4 Å². The fourth-order valence-corrected chi connectivity index (χ4v) is 3.94. The third-order valence-corrected chi connectivity index (χ3v) is 5.64. The van der Waals surface area contributed by atoms with E-state index in [4.69, 9.17) is 9.47 Å². The molecule has 1 aromatic rings. The molecule has 0 unspecified atom stereocenters. The van der Waals surface area contributed by atoms with Crippen molar-refractivity contribution in [2.45, 2.75) is 4.34 Å². The van der Waals surface area contributed by atoms with Crippen LogP contribution in [0.4, 0.5) is 5.13 Å². The number of anilines is 1. The predicted octanol–water partition coefficient (Wildman–Crippen LogP) is -0.312. The Morgan fingerprint density at radius 2 is 1.96 bits per heavy atom. The van der Waals surface area contributed by atoms with Crippen molar-refractivity contribution < 1.29 is 19.1 Å². The van der Waals surface area contributed by atoms with Crippen LogP contribution in [0.2, 0.25) is 0 Å². The van der Waals surface area contributed by atoms with E-state index in [1.807, 2.05) is 0 Å². The zero-order valence-corrected chi connectivity index (χ0v) is 16.0. The Morgan fingerprint density at radius 3 is 2.64 bits per heavy atom. The first-order valence-corrected chi connectivity index (χ1v) is 9.68. The smallest absolute Gasteiger partial charge is 0.248 e. The second-order valence-corrected chi connectivity index (χ2v) is 7.46. The van der Waals surface area contributed by atoms with Crippen molar-refractivity contribution in [2.75, 3.05) is 70.8 Å². The molecule has 1 aliphatic rings. The lowest BCUT2D eigenvalue weighted by molar-refractivity contribution is -0.135. The topological polar surface area (TPSA) is 96.9 Å². The number of amides is 2. The number of nitrogens with zero attached hydrogens (tertiary/aromatic N) is 4. The molecule has 2 heterocycles. The van der Waals surface area contributed by atoms with Crippen LogP contribution in [0.25, 0.3) is 0 Å². The molecule has 0 radical (unpaired) electrons. The molecule has 11 heteroatoms. The Morgan fingerprint density at radius 1 is 1.20 bits per heavy atom. The highest BCUT2D eigenvalue weighted by Gasteiger charge is 2.23. The highest BCUT2D eigenvalue weighted by molar-refractivity contribution is 8.01. The number of ether oxygens (including phenoxy) is 2. The summed E-state index contributed by atoms with van der Waals surface area (Å²) in [6.07, 6.45) is 0. The molecule has 0 aliphatic carbocycles. The van der Waals surface area contributed by atoms with E-state index < -0.39 is 0 Å². The lowest BCUT2D eigenvalue weighted by atomic mass is 10.3. The Labute approximate surface area is 155 Å². The van der Waals surface area contributed by atoms with Gasteiger partial charge in [-0.25, -0.2) is 0 Å². The predicted molar refractivity (Wildman–Crippen MR) is 96.2 cm³/mol. The first-order chi connectivity index (χ1) is 12.1. The first-order valence-electron chi connectivity index (χ1n) is 7.87. The van der Waals surface area contributed by atoms with Gasteiger partial charge in [-0.15, -0.1) is 10.2 Å². The van der Waals surface area contributed by atoms with Gasteiger partial charge in [-0.1, -0.05) is 23.1 Å². The minimum Gasteiger partial charge on any atom is -0.383 e. The normalized spacial score (nSPS) is 14.6. The number of nitrogens with one attached hydrogen (secondary N) is 1. The van der Waals surface area contributed by atoms with Gasteiger partial charge in [0.2, 0.25) is 16.9 Å². The minimum atomic E-state index is -0.0518. The highest BCUT2D eigenvalue weighted by atomic mass is 32.2. The van der Waals surface area contributed by atoms with Crippen LogP contribution in [0, 0.1) is 0 Å². The number of hydrogen-bond acceptors (Lipinski definition) is 9. The Bertz CT molecular complexity index is 563. The summed E-state index contributed by atoms with van der Waals surface area (Å²) in [5, 5.41) is 11.9. The average molecular weight is 390 g/mol. The molecule has 0 atom stereocenters. The molecule has 0 saturated carbocycles. The van der Waals surface area contributed by atoms with Crippen LogP contribution in [-0.4, -0.2) is 92.8 Å². The van der Waals surface area contributed by atoms with Gasteiger partial charge < -0.3 is 24.6 Å². The molecule has 0 aromatic carbocycles. The maximum Gasteiger partial charge on any atom is 0.248 e. The van der Waals surface area contributed by atoms with Crippen LogP contribution in [0.1, 0.15) is 0 Å². The number of hydrogen-bond donors (Lipinski definition) is 1. The largest absolute Gasteiger partial charge is 0.383 e. The minimum absolute atomic E-state index is 0.00939. The maximum absolute atomic E-state index is 11.8. The quantitative estimate of drug-likeness (QED) is 0.454. The van der Waals surface area contributed by atoms with Gasteiger partial charge in [0.1, 0.15) is 6.61 Å². The monoisotopic (exact) mass is 389 g/mol. The molecule has 1 saturated heterocycles. The van der Waals surface area contributed by atoms with Gasteiger partial charge in [-0.3, -0.25) is 9.59 Å². The van der Waals surface area contributed by atoms with Crippen LogP contribution in [0.15, 0.2) is 4.34 Å². The van der Waals surface area contributed by atoms with Crippen molar-refractivity contribution >= 4 is 40.0 Å². The second kappa shape index (κ2) is 10.5. The van der Waals surface area contributed by atoms with Gasteiger partial charge >= 0.3 is 0 Å². The van der Waals surface area contributed by atoms with Crippen LogP contribution in [-0.2, 0) is 19.1 Å². The molecule has 1 fully saturated rings. The van der Waals surface area contributed by atoms with E-state index >= 15 is 0 Å². The van der Waals surface area contributed by atoms with Gasteiger partial charge in [0.15, 0.2) is 4.34 Å². The van der Waals surface area contributed by atoms with Crippen molar-refractivity contribution in [3.8, 4) is 0 Å². The number of aromatic nitrogens is 2. The average Bonchev–Trinajstić information content (AvgIpc) is 3.09. The van der Waals surface area contributed by atoms with E-state index in [9.17, 15) is 9.59 Å². The van der Waals surface area contributed by atoms with Crippen LogP contribution in [0.3, 0.4) is 0 Å². The summed E-state index contributed by atoms with van der Waals surface area (Å²) >= 11 is 2.83. The number of carbonyl (C=O) groups excluding carboxylic acids is 2. The Kier molecular flexibility index (Phi) is 8.38. The standard InChI is InChI=1S/C14H23N5O4S2/c1-22-8-3-15-11(20)10-24-14-17-16-13(25-14)19-6-4-18(5-7-19)12(21)9-23-2/h3-10H2,1-2H3,(H,15,20). The lowest BCUT2D eigenvalue weighted by Gasteiger charge is -2.34. The number of methoxy groups -OCH3 is 2. The van der Waals surface area contributed by atoms with Crippen LogP contribution in [0.5, 0.6) is 0 Å². The summed E-state index contributed by atoms with van der Waals surface area (Å²) in [7, 11) is 3.11. The Balaban J connectivity index is 1.74. The molecule has 140 valence electrons. The molecular weight excluding hydrogens is 366 g/mol.